The number of nitrogens with zero attached hydrogens (tertiary/aromatic N) is 2. The molecule has 2 aliphatic rings. The van der Waals surface area contributed by atoms with E-state index in [0.717, 1.165) is 16.7 Å². The highest BCUT2D eigenvalue weighted by molar-refractivity contribution is 5.96. The summed E-state index contributed by atoms with van der Waals surface area (Å²) in [5, 5.41) is 2.79. The van der Waals surface area contributed by atoms with Crippen LogP contribution in [0.5, 0.6) is 0 Å². The van der Waals surface area contributed by atoms with E-state index < -0.39 is 41.6 Å². The monoisotopic (exact) mass is 616 g/mol. The van der Waals surface area contributed by atoms with E-state index in [-0.39, 0.29) is 25.5 Å². The van der Waals surface area contributed by atoms with Crippen molar-refractivity contribution in [2.24, 2.45) is 10.7 Å². The van der Waals surface area contributed by atoms with Gasteiger partial charge < -0.3 is 34.6 Å². The van der Waals surface area contributed by atoms with Gasteiger partial charge in [-0.3, -0.25) is 9.59 Å². The van der Waals surface area contributed by atoms with E-state index in [1.807, 2.05) is 66.7 Å². The quantitative estimate of drug-likeness (QED) is 0.295. The number of rotatable bonds is 12. The van der Waals surface area contributed by atoms with E-state index >= 15 is 0 Å². The second-order valence-corrected chi connectivity index (χ2v) is 11.6. The molecule has 2 aromatic carbocycles. The Hall–Kier alpha value is -4.48. The average Bonchev–Trinajstić information content (AvgIpc) is 3.84. The highest BCUT2D eigenvalue weighted by atomic mass is 16.5. The predicted octanol–water partition coefficient (Wildman–Crippen LogP) is 3.26. The normalized spacial score (nSPS) is 21.4. The number of esters is 1. The maximum absolute atomic E-state index is 14.1. The van der Waals surface area contributed by atoms with Crippen LogP contribution in [0.15, 0.2) is 82.4 Å². The third kappa shape index (κ3) is 7.26. The fraction of sp³-hybridized carbons (Fsp3) is 0.412. The Morgan fingerprint density at radius 1 is 1.09 bits per heavy atom. The molecule has 0 radical (unpaired) electrons. The summed E-state index contributed by atoms with van der Waals surface area (Å²) in [7, 11) is 1.32. The van der Waals surface area contributed by atoms with Gasteiger partial charge in [-0.05, 0) is 56.0 Å². The maximum atomic E-state index is 14.1. The molecular weight excluding hydrogens is 576 g/mol. The summed E-state index contributed by atoms with van der Waals surface area (Å²) in [5.74, 6) is -0.316. The molecule has 1 saturated heterocycles. The van der Waals surface area contributed by atoms with Crippen molar-refractivity contribution in [1.29, 1.82) is 0 Å². The first-order valence-corrected chi connectivity index (χ1v) is 15.2. The number of amides is 2. The summed E-state index contributed by atoms with van der Waals surface area (Å²) in [6.45, 7) is 3.98. The summed E-state index contributed by atoms with van der Waals surface area (Å²) in [4.78, 5) is 46.5. The molecule has 1 aromatic heterocycles. The molecule has 3 aromatic rings. The SMILES string of the molecule is COC(=O)[C@@]1(Cc2cccc(-c3ccco3)c2)COC(C2CCCN2C(=O)[C@@H](NC(=O)C(C)N)C(C)OCc2ccccc2)=N1. The van der Waals surface area contributed by atoms with E-state index in [4.69, 9.17) is 29.4 Å². The van der Waals surface area contributed by atoms with Gasteiger partial charge in [0.2, 0.25) is 17.7 Å². The van der Waals surface area contributed by atoms with Crippen LogP contribution in [0.25, 0.3) is 11.3 Å². The van der Waals surface area contributed by atoms with Crippen LogP contribution in [0, 0.1) is 0 Å². The molecule has 0 saturated carbocycles. The van der Waals surface area contributed by atoms with Crippen molar-refractivity contribution in [3.63, 3.8) is 0 Å². The predicted molar refractivity (Wildman–Crippen MR) is 167 cm³/mol. The topological polar surface area (TPSA) is 146 Å². The van der Waals surface area contributed by atoms with Crippen molar-refractivity contribution in [3.8, 4) is 11.3 Å². The Morgan fingerprint density at radius 2 is 1.87 bits per heavy atom. The molecule has 5 rings (SSSR count). The summed E-state index contributed by atoms with van der Waals surface area (Å²) in [6, 6.07) is 18.6. The van der Waals surface area contributed by atoms with E-state index in [2.05, 4.69) is 5.32 Å². The molecule has 3 heterocycles. The minimum Gasteiger partial charge on any atom is -0.476 e. The minimum absolute atomic E-state index is 0.0278. The molecule has 2 aliphatic heterocycles. The van der Waals surface area contributed by atoms with Crippen molar-refractivity contribution in [2.45, 2.75) is 69.5 Å². The molecule has 0 aliphatic carbocycles. The largest absolute Gasteiger partial charge is 0.476 e. The van der Waals surface area contributed by atoms with E-state index in [0.29, 0.717) is 31.0 Å². The van der Waals surface area contributed by atoms with Gasteiger partial charge in [0.15, 0.2) is 5.54 Å². The first-order chi connectivity index (χ1) is 21.7. The Labute approximate surface area is 262 Å². The Balaban J connectivity index is 1.37. The molecule has 3 unspecified atom stereocenters. The fourth-order valence-corrected chi connectivity index (χ4v) is 5.74. The lowest BCUT2D eigenvalue weighted by Gasteiger charge is -2.32. The minimum atomic E-state index is -1.32. The van der Waals surface area contributed by atoms with Gasteiger partial charge in [0, 0.05) is 18.5 Å². The molecular formula is C34H40N4O7. The molecule has 2 amide bonds. The van der Waals surface area contributed by atoms with Crippen molar-refractivity contribution >= 4 is 23.7 Å². The molecule has 11 nitrogen and oxygen atoms in total. The molecule has 45 heavy (non-hydrogen) atoms. The van der Waals surface area contributed by atoms with Crippen LogP contribution in [-0.2, 0) is 41.6 Å². The van der Waals surface area contributed by atoms with Crippen LogP contribution in [0.1, 0.15) is 37.8 Å². The maximum Gasteiger partial charge on any atom is 0.337 e. The summed E-state index contributed by atoms with van der Waals surface area (Å²) in [5.41, 5.74) is 7.18. The number of carbonyl (C=O) groups excluding carboxylic acids is 3. The van der Waals surface area contributed by atoms with Gasteiger partial charge in [0.05, 0.1) is 32.1 Å². The van der Waals surface area contributed by atoms with Gasteiger partial charge in [0.25, 0.3) is 0 Å². The molecule has 3 N–H and O–H groups in total. The zero-order valence-electron chi connectivity index (χ0n) is 25.8. The smallest absolute Gasteiger partial charge is 0.337 e. The van der Waals surface area contributed by atoms with Gasteiger partial charge in [-0.1, -0.05) is 48.5 Å². The fourth-order valence-electron chi connectivity index (χ4n) is 5.74. The van der Waals surface area contributed by atoms with Crippen LogP contribution in [0.4, 0.5) is 0 Å². The number of nitrogens with two attached hydrogens (primary N) is 1. The van der Waals surface area contributed by atoms with E-state index in [1.165, 1.54) is 7.11 Å². The van der Waals surface area contributed by atoms with Gasteiger partial charge in [-0.25, -0.2) is 9.79 Å². The zero-order valence-corrected chi connectivity index (χ0v) is 25.8. The summed E-state index contributed by atoms with van der Waals surface area (Å²) >= 11 is 0. The standard InChI is InChI=1S/C34H40N4O7/c1-22(35)30(39)36-29(23(2)44-20-24-10-5-4-6-11-24)32(40)38-16-8-14-27(38)31-37-34(21-45-31,33(41)42-3)19-25-12-7-13-26(18-25)28-15-9-17-43-28/h4-7,9-13,15,17-18,22-23,27,29H,8,14,16,19-21,35H2,1-3H3,(H,36,39)/t22?,23?,27?,29-,34+/m0/s1. The highest BCUT2D eigenvalue weighted by Crippen LogP contribution is 2.32. The number of carbonyl (C=O) groups is 3. The number of hydrogen-bond acceptors (Lipinski definition) is 9. The molecule has 238 valence electrons. The van der Waals surface area contributed by atoms with Gasteiger partial charge >= 0.3 is 5.97 Å². The second kappa shape index (κ2) is 14.1. The third-order valence-electron chi connectivity index (χ3n) is 8.20. The van der Waals surface area contributed by atoms with Crippen LogP contribution < -0.4 is 11.1 Å². The number of methoxy groups -OCH3 is 1. The van der Waals surface area contributed by atoms with Crippen LogP contribution in [-0.4, -0.2) is 78.6 Å². The van der Waals surface area contributed by atoms with Crippen molar-refractivity contribution in [1.82, 2.24) is 10.2 Å². The Morgan fingerprint density at radius 3 is 2.58 bits per heavy atom. The number of nitrogens with one attached hydrogen (secondary N) is 1. The van der Waals surface area contributed by atoms with Gasteiger partial charge in [0.1, 0.15) is 24.5 Å². The summed E-state index contributed by atoms with van der Waals surface area (Å²) in [6.07, 6.45) is 2.46. The Bertz CT molecular complexity index is 1510. The van der Waals surface area contributed by atoms with Gasteiger partial charge in [-0.2, -0.15) is 0 Å². The third-order valence-corrected chi connectivity index (χ3v) is 8.20. The van der Waals surface area contributed by atoms with Crippen LogP contribution in [0.3, 0.4) is 0 Å². The average molecular weight is 617 g/mol. The first-order valence-electron chi connectivity index (χ1n) is 15.2. The second-order valence-electron chi connectivity index (χ2n) is 11.6. The van der Waals surface area contributed by atoms with Gasteiger partial charge in [-0.15, -0.1) is 0 Å². The number of likely N-dealkylation sites (tertiary alicyclic amines) is 1. The van der Waals surface area contributed by atoms with Crippen molar-refractivity contribution < 1.29 is 33.0 Å². The lowest BCUT2D eigenvalue weighted by molar-refractivity contribution is -0.147. The lowest BCUT2D eigenvalue weighted by atomic mass is 9.91. The van der Waals surface area contributed by atoms with Crippen LogP contribution >= 0.6 is 0 Å². The van der Waals surface area contributed by atoms with Crippen LogP contribution in [0.2, 0.25) is 0 Å². The lowest BCUT2D eigenvalue weighted by Crippen LogP contribution is -2.58. The molecule has 5 atom stereocenters. The Kier molecular flexibility index (Phi) is 9.99. The number of furan rings is 1. The molecule has 0 bridgehead atoms. The highest BCUT2D eigenvalue weighted by Gasteiger charge is 2.49. The van der Waals surface area contributed by atoms with E-state index in [9.17, 15) is 14.4 Å². The molecule has 0 spiro atoms. The first kappa shape index (κ1) is 31.9. The molecule has 1 fully saturated rings. The summed E-state index contributed by atoms with van der Waals surface area (Å²) < 4.78 is 22.9. The van der Waals surface area contributed by atoms with E-state index in [1.54, 1.807) is 25.0 Å². The number of hydrogen-bond donors (Lipinski definition) is 2. The van der Waals surface area contributed by atoms with Crippen molar-refractivity contribution in [2.75, 3.05) is 20.3 Å². The number of ether oxygens (including phenoxy) is 3. The number of benzene rings is 2. The van der Waals surface area contributed by atoms with Crippen molar-refractivity contribution in [3.05, 3.63) is 84.1 Å². The zero-order chi connectivity index (χ0) is 32.0. The number of aliphatic imine (C=N–C) groups is 1. The molecule has 11 heteroatoms.